The lowest BCUT2D eigenvalue weighted by Gasteiger charge is -2.02. The third-order valence-corrected chi connectivity index (χ3v) is 2.67. The van der Waals surface area contributed by atoms with E-state index < -0.39 is 0 Å². The predicted molar refractivity (Wildman–Crippen MR) is 72.2 cm³/mol. The van der Waals surface area contributed by atoms with E-state index in [9.17, 15) is 0 Å². The summed E-state index contributed by atoms with van der Waals surface area (Å²) >= 11 is 0. The number of para-hydroxylation sites is 1. The van der Waals surface area contributed by atoms with Crippen molar-refractivity contribution in [1.82, 2.24) is 15.5 Å². The monoisotopic (exact) mass is 261 g/mol. The fourth-order valence-electron chi connectivity index (χ4n) is 1.69. The van der Waals surface area contributed by atoms with Crippen molar-refractivity contribution in [3.8, 4) is 5.75 Å². The van der Waals surface area contributed by atoms with Crippen molar-refractivity contribution in [3.05, 3.63) is 42.0 Å². The topological polar surface area (TPSA) is 60.2 Å². The van der Waals surface area contributed by atoms with Gasteiger partial charge in [-0.2, -0.15) is 4.98 Å². The summed E-state index contributed by atoms with van der Waals surface area (Å²) in [5.74, 6) is 2.26. The third kappa shape index (κ3) is 4.71. The molecule has 0 fully saturated rings. The van der Waals surface area contributed by atoms with Gasteiger partial charge in [0.25, 0.3) is 0 Å². The molecular weight excluding hydrogens is 242 g/mol. The Hall–Kier alpha value is -1.88. The van der Waals surface area contributed by atoms with Crippen LogP contribution in [0.5, 0.6) is 5.75 Å². The number of aryl methyl sites for hydroxylation is 1. The van der Waals surface area contributed by atoms with Gasteiger partial charge in [-0.3, -0.25) is 0 Å². The molecule has 0 saturated carbocycles. The number of nitrogens with one attached hydrogen (secondary N) is 1. The lowest BCUT2D eigenvalue weighted by molar-refractivity contribution is 0.313. The van der Waals surface area contributed by atoms with Gasteiger partial charge in [0.2, 0.25) is 5.89 Å². The minimum Gasteiger partial charge on any atom is -0.493 e. The zero-order valence-corrected chi connectivity index (χ0v) is 11.1. The van der Waals surface area contributed by atoms with E-state index in [1.165, 1.54) is 0 Å². The standard InChI is InChI=1S/C14H19N3O2/c1-15-10-5-8-14-16-13(17-19-14)9-11-18-12-6-3-2-4-7-12/h2-4,6-7,15H,5,8-11H2,1H3. The number of ether oxygens (including phenoxy) is 1. The molecule has 2 aromatic rings. The van der Waals surface area contributed by atoms with Crippen molar-refractivity contribution in [1.29, 1.82) is 0 Å². The lowest BCUT2D eigenvalue weighted by atomic mass is 10.3. The molecule has 0 atom stereocenters. The van der Waals surface area contributed by atoms with Crippen molar-refractivity contribution >= 4 is 0 Å². The Morgan fingerprint density at radius 1 is 1.21 bits per heavy atom. The molecule has 0 aliphatic carbocycles. The van der Waals surface area contributed by atoms with Crippen LogP contribution in [-0.4, -0.2) is 30.3 Å². The number of nitrogens with zero attached hydrogens (tertiary/aromatic N) is 2. The van der Waals surface area contributed by atoms with Gasteiger partial charge in [-0.15, -0.1) is 0 Å². The van der Waals surface area contributed by atoms with Gasteiger partial charge in [0, 0.05) is 12.8 Å². The maximum absolute atomic E-state index is 5.59. The van der Waals surface area contributed by atoms with Crippen LogP contribution in [0, 0.1) is 0 Å². The summed E-state index contributed by atoms with van der Waals surface area (Å²) in [6.07, 6.45) is 2.47. The highest BCUT2D eigenvalue weighted by molar-refractivity contribution is 5.20. The summed E-state index contributed by atoms with van der Waals surface area (Å²) in [7, 11) is 1.93. The largest absolute Gasteiger partial charge is 0.493 e. The molecule has 0 aliphatic heterocycles. The van der Waals surface area contributed by atoms with Crippen LogP contribution < -0.4 is 10.1 Å². The van der Waals surface area contributed by atoms with E-state index in [1.807, 2.05) is 37.4 Å². The average molecular weight is 261 g/mol. The summed E-state index contributed by atoms with van der Waals surface area (Å²) in [6.45, 7) is 1.51. The second-order valence-electron chi connectivity index (χ2n) is 4.22. The molecule has 0 unspecified atom stereocenters. The molecule has 5 heteroatoms. The molecular formula is C14H19N3O2. The minimum atomic E-state index is 0.555. The number of hydrogen-bond acceptors (Lipinski definition) is 5. The van der Waals surface area contributed by atoms with E-state index in [2.05, 4.69) is 15.5 Å². The molecule has 1 aromatic carbocycles. The van der Waals surface area contributed by atoms with E-state index in [0.717, 1.165) is 25.1 Å². The Kier molecular flexibility index (Phi) is 5.37. The van der Waals surface area contributed by atoms with Gasteiger partial charge in [-0.25, -0.2) is 0 Å². The summed E-state index contributed by atoms with van der Waals surface area (Å²) in [5.41, 5.74) is 0. The maximum atomic E-state index is 5.59. The first-order chi connectivity index (χ1) is 9.38. The quantitative estimate of drug-likeness (QED) is 0.735. The fraction of sp³-hybridized carbons (Fsp3) is 0.429. The zero-order valence-electron chi connectivity index (χ0n) is 11.1. The number of hydrogen-bond donors (Lipinski definition) is 1. The van der Waals surface area contributed by atoms with Gasteiger partial charge >= 0.3 is 0 Å². The van der Waals surface area contributed by atoms with Crippen molar-refractivity contribution in [3.63, 3.8) is 0 Å². The Bertz CT molecular complexity index is 471. The molecule has 0 bridgehead atoms. The molecule has 1 aromatic heterocycles. The number of rotatable bonds is 8. The molecule has 2 rings (SSSR count). The summed E-state index contributed by atoms with van der Waals surface area (Å²) in [6, 6.07) is 9.72. The molecule has 1 N–H and O–H groups in total. The third-order valence-electron chi connectivity index (χ3n) is 2.67. The molecule has 0 saturated heterocycles. The Labute approximate surface area is 113 Å². The predicted octanol–water partition coefficient (Wildman–Crippen LogP) is 1.84. The van der Waals surface area contributed by atoms with E-state index in [0.29, 0.717) is 24.7 Å². The van der Waals surface area contributed by atoms with E-state index in [4.69, 9.17) is 9.26 Å². The van der Waals surface area contributed by atoms with Gasteiger partial charge in [0.05, 0.1) is 6.61 Å². The highest BCUT2D eigenvalue weighted by Crippen LogP contribution is 2.09. The van der Waals surface area contributed by atoms with Crippen LogP contribution in [0.4, 0.5) is 0 Å². The van der Waals surface area contributed by atoms with Gasteiger partial charge in [-0.1, -0.05) is 23.4 Å². The smallest absolute Gasteiger partial charge is 0.226 e. The molecule has 5 nitrogen and oxygen atoms in total. The van der Waals surface area contributed by atoms with Crippen LogP contribution in [0.15, 0.2) is 34.9 Å². The minimum absolute atomic E-state index is 0.555. The van der Waals surface area contributed by atoms with Crippen LogP contribution in [0.3, 0.4) is 0 Å². The van der Waals surface area contributed by atoms with Gasteiger partial charge in [-0.05, 0) is 32.1 Å². The molecule has 19 heavy (non-hydrogen) atoms. The first kappa shape index (κ1) is 13.5. The van der Waals surface area contributed by atoms with E-state index in [1.54, 1.807) is 0 Å². The Morgan fingerprint density at radius 2 is 2.05 bits per heavy atom. The molecule has 0 amide bonds. The van der Waals surface area contributed by atoms with Crippen LogP contribution in [0.1, 0.15) is 18.1 Å². The number of aromatic nitrogens is 2. The summed E-state index contributed by atoms with van der Waals surface area (Å²) in [5, 5.41) is 7.03. The van der Waals surface area contributed by atoms with E-state index in [-0.39, 0.29) is 0 Å². The second kappa shape index (κ2) is 7.53. The van der Waals surface area contributed by atoms with Crippen molar-refractivity contribution in [2.75, 3.05) is 20.2 Å². The molecule has 102 valence electrons. The highest BCUT2D eigenvalue weighted by Gasteiger charge is 2.06. The normalized spacial score (nSPS) is 10.6. The van der Waals surface area contributed by atoms with E-state index >= 15 is 0 Å². The van der Waals surface area contributed by atoms with Gasteiger partial charge < -0.3 is 14.6 Å². The second-order valence-corrected chi connectivity index (χ2v) is 4.22. The summed E-state index contributed by atoms with van der Waals surface area (Å²) < 4.78 is 10.8. The van der Waals surface area contributed by atoms with Crippen molar-refractivity contribution < 1.29 is 9.26 Å². The lowest BCUT2D eigenvalue weighted by Crippen LogP contribution is -2.08. The van der Waals surface area contributed by atoms with Crippen LogP contribution in [-0.2, 0) is 12.8 Å². The Balaban J connectivity index is 1.71. The molecule has 0 spiro atoms. The summed E-state index contributed by atoms with van der Waals surface area (Å²) in [4.78, 5) is 4.33. The molecule has 0 radical (unpaired) electrons. The average Bonchev–Trinajstić information content (AvgIpc) is 2.88. The van der Waals surface area contributed by atoms with Crippen LogP contribution in [0.2, 0.25) is 0 Å². The number of benzene rings is 1. The maximum Gasteiger partial charge on any atom is 0.226 e. The molecule has 1 heterocycles. The van der Waals surface area contributed by atoms with Crippen molar-refractivity contribution in [2.45, 2.75) is 19.3 Å². The van der Waals surface area contributed by atoms with Crippen LogP contribution in [0.25, 0.3) is 0 Å². The van der Waals surface area contributed by atoms with Gasteiger partial charge in [0.1, 0.15) is 5.75 Å². The first-order valence-corrected chi connectivity index (χ1v) is 6.52. The zero-order chi connectivity index (χ0) is 13.3. The fourth-order valence-corrected chi connectivity index (χ4v) is 1.69. The first-order valence-electron chi connectivity index (χ1n) is 6.52. The highest BCUT2D eigenvalue weighted by atomic mass is 16.5. The Morgan fingerprint density at radius 3 is 2.84 bits per heavy atom. The van der Waals surface area contributed by atoms with Gasteiger partial charge in [0.15, 0.2) is 5.82 Å². The SMILES string of the molecule is CNCCCc1nc(CCOc2ccccc2)no1. The van der Waals surface area contributed by atoms with Crippen molar-refractivity contribution in [2.24, 2.45) is 0 Å². The van der Waals surface area contributed by atoms with Crippen LogP contribution >= 0.6 is 0 Å². The molecule has 0 aliphatic rings.